The maximum atomic E-state index is 10.8. The molecular weight excluding hydrogens is 334 g/mol. The van der Waals surface area contributed by atoms with Crippen molar-refractivity contribution in [2.75, 3.05) is 19.7 Å². The van der Waals surface area contributed by atoms with Crippen LogP contribution in [0.1, 0.15) is 41.6 Å². The number of benzene rings is 1. The summed E-state index contributed by atoms with van der Waals surface area (Å²) >= 11 is 0. The summed E-state index contributed by atoms with van der Waals surface area (Å²) in [5.41, 5.74) is 1.20. The Morgan fingerprint density at radius 2 is 2.04 bits per heavy atom. The molecule has 1 fully saturated rings. The fourth-order valence-electron chi connectivity index (χ4n) is 3.37. The summed E-state index contributed by atoms with van der Waals surface area (Å²) in [4.78, 5) is 13.2. The van der Waals surface area contributed by atoms with Crippen molar-refractivity contribution in [3.8, 4) is 5.75 Å². The first-order chi connectivity index (χ1) is 12.5. The van der Waals surface area contributed by atoms with Crippen LogP contribution in [0.2, 0.25) is 0 Å². The molecule has 1 aromatic heterocycles. The van der Waals surface area contributed by atoms with E-state index in [-0.39, 0.29) is 24.4 Å². The molecule has 1 saturated heterocycles. The van der Waals surface area contributed by atoms with Gasteiger partial charge in [0.15, 0.2) is 0 Å². The number of carbonyl (C=O) groups is 1. The Kier molecular flexibility index (Phi) is 5.64. The molecule has 140 valence electrons. The second kappa shape index (κ2) is 7.93. The number of piperidine rings is 1. The zero-order valence-electron chi connectivity index (χ0n) is 15.0. The molecular formula is C20H25NO5. The molecule has 26 heavy (non-hydrogen) atoms. The van der Waals surface area contributed by atoms with Gasteiger partial charge in [0.1, 0.15) is 18.1 Å². The van der Waals surface area contributed by atoms with Gasteiger partial charge >= 0.3 is 5.97 Å². The summed E-state index contributed by atoms with van der Waals surface area (Å²) in [6, 6.07) is 10.9. The molecule has 3 rings (SSSR count). The molecule has 1 atom stereocenters. The highest BCUT2D eigenvalue weighted by Gasteiger charge is 2.30. The van der Waals surface area contributed by atoms with Gasteiger partial charge in [0.05, 0.1) is 0 Å². The van der Waals surface area contributed by atoms with Crippen molar-refractivity contribution in [2.45, 2.75) is 32.9 Å². The van der Waals surface area contributed by atoms with E-state index in [1.807, 2.05) is 24.3 Å². The lowest BCUT2D eigenvalue weighted by molar-refractivity contribution is 0.0429. The third kappa shape index (κ3) is 4.65. The summed E-state index contributed by atoms with van der Waals surface area (Å²) < 4.78 is 10.8. The number of carboxylic acids is 1. The SMILES string of the molecule is C[C@@]1(CO)CCCN(Cc2ccc(OCc3ccc(C(=O)O)o3)cc2)C1. The summed E-state index contributed by atoms with van der Waals surface area (Å²) in [6.45, 7) is 5.38. The van der Waals surface area contributed by atoms with Gasteiger partial charge in [-0.1, -0.05) is 19.1 Å². The van der Waals surface area contributed by atoms with E-state index in [1.54, 1.807) is 6.07 Å². The van der Waals surface area contributed by atoms with Gasteiger partial charge in [-0.05, 0) is 49.2 Å². The molecule has 2 heterocycles. The average Bonchev–Trinajstić information content (AvgIpc) is 3.11. The predicted molar refractivity (Wildman–Crippen MR) is 96.1 cm³/mol. The van der Waals surface area contributed by atoms with Gasteiger partial charge in [0, 0.05) is 25.1 Å². The number of likely N-dealkylation sites (tertiary alicyclic amines) is 1. The highest BCUT2D eigenvalue weighted by molar-refractivity contribution is 5.84. The van der Waals surface area contributed by atoms with Crippen LogP contribution in [0.4, 0.5) is 0 Å². The van der Waals surface area contributed by atoms with Crippen LogP contribution < -0.4 is 4.74 Å². The fraction of sp³-hybridized carbons (Fsp3) is 0.450. The Balaban J connectivity index is 1.52. The monoisotopic (exact) mass is 359 g/mol. The van der Waals surface area contributed by atoms with E-state index in [9.17, 15) is 9.90 Å². The third-order valence-electron chi connectivity index (χ3n) is 4.82. The van der Waals surface area contributed by atoms with E-state index in [0.717, 1.165) is 32.5 Å². The molecule has 2 N–H and O–H groups in total. The van der Waals surface area contributed by atoms with Crippen molar-refractivity contribution < 1.29 is 24.2 Å². The zero-order valence-corrected chi connectivity index (χ0v) is 15.0. The Morgan fingerprint density at radius 1 is 1.27 bits per heavy atom. The van der Waals surface area contributed by atoms with Crippen LogP contribution in [-0.4, -0.2) is 40.8 Å². The second-order valence-electron chi connectivity index (χ2n) is 7.29. The van der Waals surface area contributed by atoms with Crippen LogP contribution in [-0.2, 0) is 13.2 Å². The van der Waals surface area contributed by atoms with Crippen molar-refractivity contribution >= 4 is 5.97 Å². The Labute approximate surface area is 153 Å². The summed E-state index contributed by atoms with van der Waals surface area (Å²) in [6.07, 6.45) is 2.18. The number of aromatic carboxylic acids is 1. The molecule has 6 heteroatoms. The summed E-state index contributed by atoms with van der Waals surface area (Å²) in [7, 11) is 0. The van der Waals surface area contributed by atoms with Crippen molar-refractivity contribution in [3.05, 3.63) is 53.5 Å². The van der Waals surface area contributed by atoms with Gasteiger partial charge in [-0.3, -0.25) is 4.90 Å². The van der Waals surface area contributed by atoms with Gasteiger partial charge < -0.3 is 19.4 Å². The van der Waals surface area contributed by atoms with Crippen molar-refractivity contribution in [2.24, 2.45) is 5.41 Å². The summed E-state index contributed by atoms with van der Waals surface area (Å²) in [5.74, 6) is 0.00918. The standard InChI is InChI=1S/C20H25NO5/c1-20(14-22)9-2-10-21(13-20)11-15-3-5-16(6-4-15)25-12-17-7-8-18(26-17)19(23)24/h3-8,22H,2,9-14H2,1H3,(H,23,24)/t20-/m1/s1. The molecule has 0 bridgehead atoms. The second-order valence-corrected chi connectivity index (χ2v) is 7.29. The lowest BCUT2D eigenvalue weighted by atomic mass is 9.82. The molecule has 2 aromatic rings. The number of hydrogen-bond donors (Lipinski definition) is 2. The van der Waals surface area contributed by atoms with E-state index < -0.39 is 5.97 Å². The molecule has 0 saturated carbocycles. The number of ether oxygens (including phenoxy) is 1. The van der Waals surface area contributed by atoms with E-state index in [2.05, 4.69) is 11.8 Å². The van der Waals surface area contributed by atoms with Crippen LogP contribution in [0, 0.1) is 5.41 Å². The minimum absolute atomic E-state index is 0.000845. The van der Waals surface area contributed by atoms with E-state index in [4.69, 9.17) is 14.3 Å². The molecule has 0 radical (unpaired) electrons. The number of hydrogen-bond acceptors (Lipinski definition) is 5. The Hall–Kier alpha value is -2.31. The Bertz CT molecular complexity index is 739. The molecule has 1 aliphatic rings. The summed E-state index contributed by atoms with van der Waals surface area (Å²) in [5, 5.41) is 18.4. The molecule has 0 amide bonds. The number of aliphatic hydroxyl groups is 1. The normalized spacial score (nSPS) is 20.8. The first kappa shape index (κ1) is 18.5. The van der Waals surface area contributed by atoms with Crippen LogP contribution in [0.5, 0.6) is 5.75 Å². The molecule has 6 nitrogen and oxygen atoms in total. The van der Waals surface area contributed by atoms with E-state index >= 15 is 0 Å². The Morgan fingerprint density at radius 3 is 2.69 bits per heavy atom. The maximum Gasteiger partial charge on any atom is 0.371 e. The van der Waals surface area contributed by atoms with Crippen molar-refractivity contribution in [3.63, 3.8) is 0 Å². The lowest BCUT2D eigenvalue weighted by Gasteiger charge is -2.39. The number of rotatable bonds is 7. The smallest absolute Gasteiger partial charge is 0.371 e. The largest absolute Gasteiger partial charge is 0.486 e. The van der Waals surface area contributed by atoms with Crippen LogP contribution >= 0.6 is 0 Å². The minimum atomic E-state index is -1.09. The zero-order chi connectivity index (χ0) is 18.6. The highest BCUT2D eigenvalue weighted by atomic mass is 16.5. The van der Waals surface area contributed by atoms with E-state index in [1.165, 1.54) is 11.6 Å². The highest BCUT2D eigenvalue weighted by Crippen LogP contribution is 2.29. The molecule has 0 aliphatic carbocycles. The number of aliphatic hydroxyl groups excluding tert-OH is 1. The molecule has 0 spiro atoms. The molecule has 1 aliphatic heterocycles. The first-order valence-electron chi connectivity index (χ1n) is 8.84. The van der Waals surface area contributed by atoms with Crippen molar-refractivity contribution in [1.82, 2.24) is 4.90 Å². The van der Waals surface area contributed by atoms with Crippen LogP contribution in [0.15, 0.2) is 40.8 Å². The van der Waals surface area contributed by atoms with Gasteiger partial charge in [-0.25, -0.2) is 4.79 Å². The third-order valence-corrected chi connectivity index (χ3v) is 4.82. The fourth-order valence-corrected chi connectivity index (χ4v) is 3.37. The number of carboxylic acid groups (broad SMARTS) is 1. The maximum absolute atomic E-state index is 10.8. The number of furan rings is 1. The van der Waals surface area contributed by atoms with Crippen LogP contribution in [0.3, 0.4) is 0 Å². The van der Waals surface area contributed by atoms with Gasteiger partial charge in [0.25, 0.3) is 0 Å². The lowest BCUT2D eigenvalue weighted by Crippen LogP contribution is -2.43. The van der Waals surface area contributed by atoms with Crippen molar-refractivity contribution in [1.29, 1.82) is 0 Å². The minimum Gasteiger partial charge on any atom is -0.486 e. The number of nitrogens with zero attached hydrogens (tertiary/aromatic N) is 1. The predicted octanol–water partition coefficient (Wildman–Crippen LogP) is 3.15. The molecule has 0 unspecified atom stereocenters. The van der Waals surface area contributed by atoms with Gasteiger partial charge in [-0.2, -0.15) is 0 Å². The quantitative estimate of drug-likeness (QED) is 0.790. The average molecular weight is 359 g/mol. The topological polar surface area (TPSA) is 83.1 Å². The van der Waals surface area contributed by atoms with Gasteiger partial charge in [0.2, 0.25) is 5.76 Å². The first-order valence-corrected chi connectivity index (χ1v) is 8.84. The van der Waals surface area contributed by atoms with Crippen LogP contribution in [0.25, 0.3) is 0 Å². The van der Waals surface area contributed by atoms with E-state index in [0.29, 0.717) is 11.5 Å². The van der Waals surface area contributed by atoms with Gasteiger partial charge in [-0.15, -0.1) is 0 Å². The molecule has 1 aromatic carbocycles.